The van der Waals surface area contributed by atoms with Crippen LogP contribution in [0, 0.1) is 0 Å². The van der Waals surface area contributed by atoms with Gasteiger partial charge in [0.1, 0.15) is 30.0 Å². The Kier molecular flexibility index (Phi) is 7.49. The molecule has 4 rings (SSSR count). The van der Waals surface area contributed by atoms with Crippen LogP contribution in [0.4, 0.5) is 5.82 Å². The van der Waals surface area contributed by atoms with E-state index in [1.807, 2.05) is 0 Å². The summed E-state index contributed by atoms with van der Waals surface area (Å²) < 4.78 is 53.6. The largest absolute Gasteiger partial charge is 0.488 e. The summed E-state index contributed by atoms with van der Waals surface area (Å²) in [6, 6.07) is 12.4. The van der Waals surface area contributed by atoms with Gasteiger partial charge in [-0.2, -0.15) is 5.10 Å². The van der Waals surface area contributed by atoms with Crippen LogP contribution in [-0.4, -0.2) is 56.3 Å². The maximum absolute atomic E-state index is 13.0. The third-order valence-corrected chi connectivity index (χ3v) is 6.86. The van der Waals surface area contributed by atoms with E-state index in [-0.39, 0.29) is 22.8 Å². The van der Waals surface area contributed by atoms with Gasteiger partial charge in [0, 0.05) is 36.6 Å². The van der Waals surface area contributed by atoms with Crippen LogP contribution in [0.1, 0.15) is 16.8 Å². The Hall–Kier alpha value is -3.27. The van der Waals surface area contributed by atoms with Crippen LogP contribution in [0.5, 0.6) is 17.2 Å². The molecule has 1 fully saturated rings. The monoisotopic (exact) mass is 518 g/mol. The van der Waals surface area contributed by atoms with E-state index < -0.39 is 23.5 Å². The fourth-order valence-corrected chi connectivity index (χ4v) is 4.61. The molecular formula is C23H25N3O7PS+. The summed E-state index contributed by atoms with van der Waals surface area (Å²) >= 11 is 0. The Morgan fingerprint density at radius 3 is 2.57 bits per heavy atom. The van der Waals surface area contributed by atoms with Gasteiger partial charge in [-0.25, -0.2) is 13.1 Å². The van der Waals surface area contributed by atoms with E-state index in [1.54, 1.807) is 49.3 Å². The molecule has 0 bridgehead atoms. The average Bonchev–Trinajstić information content (AvgIpc) is 3.45. The number of nitrogens with zero attached hydrogens (tertiary/aromatic N) is 2. The first kappa shape index (κ1) is 24.8. The van der Waals surface area contributed by atoms with Crippen molar-refractivity contribution in [2.45, 2.75) is 23.7 Å². The van der Waals surface area contributed by atoms with E-state index in [4.69, 9.17) is 14.2 Å². The Bertz CT molecular complexity index is 1330. The Morgan fingerprint density at radius 1 is 1.17 bits per heavy atom. The highest BCUT2D eigenvalue weighted by molar-refractivity contribution is 7.90. The van der Waals surface area contributed by atoms with E-state index in [0.29, 0.717) is 36.3 Å². The summed E-state index contributed by atoms with van der Waals surface area (Å²) in [6.45, 7) is 2.66. The third-order valence-electron chi connectivity index (χ3n) is 5.05. The van der Waals surface area contributed by atoms with Gasteiger partial charge >= 0.3 is 7.80 Å². The quantitative estimate of drug-likeness (QED) is 0.423. The van der Waals surface area contributed by atoms with Crippen LogP contribution in [0.3, 0.4) is 0 Å². The zero-order chi connectivity index (χ0) is 25.0. The highest BCUT2D eigenvalue weighted by Gasteiger charge is 2.20. The van der Waals surface area contributed by atoms with Gasteiger partial charge < -0.3 is 19.5 Å². The minimum Gasteiger partial charge on any atom is -0.488 e. The molecule has 0 aliphatic carbocycles. The summed E-state index contributed by atoms with van der Waals surface area (Å²) in [6.07, 6.45) is 3.62. The van der Waals surface area contributed by atoms with Crippen molar-refractivity contribution in [3.63, 3.8) is 0 Å². The normalized spacial score (nSPS) is 16.1. The number of sulfone groups is 1. The SMILES string of the molecule is C[P+](=O)Cn1ccc(NC(=O)c2cc(Oc3ccc(S(C)(=O)=O)cc3)cc(OC3CCOC3)c2)n1. The van der Waals surface area contributed by atoms with Crippen LogP contribution in [-0.2, 0) is 25.4 Å². The van der Waals surface area contributed by atoms with E-state index in [2.05, 4.69) is 10.4 Å². The third kappa shape index (κ3) is 6.88. The lowest BCUT2D eigenvalue weighted by Gasteiger charge is -2.15. The van der Waals surface area contributed by atoms with Crippen molar-refractivity contribution >= 4 is 29.4 Å². The van der Waals surface area contributed by atoms with Crippen molar-refractivity contribution in [2.75, 3.05) is 31.5 Å². The summed E-state index contributed by atoms with van der Waals surface area (Å²) in [5, 5.41) is 6.93. The molecule has 0 spiro atoms. The Balaban J connectivity index is 1.56. The second-order valence-corrected chi connectivity index (χ2v) is 11.7. The number of ether oxygens (including phenoxy) is 3. The molecule has 12 heteroatoms. The van der Waals surface area contributed by atoms with Gasteiger partial charge in [-0.15, -0.1) is 0 Å². The lowest BCUT2D eigenvalue weighted by atomic mass is 10.1. The van der Waals surface area contributed by atoms with Gasteiger partial charge in [0.25, 0.3) is 5.91 Å². The van der Waals surface area contributed by atoms with Crippen molar-refractivity contribution in [1.82, 2.24) is 9.78 Å². The van der Waals surface area contributed by atoms with Crippen LogP contribution in [0.25, 0.3) is 0 Å². The highest BCUT2D eigenvalue weighted by atomic mass is 32.2. The first-order valence-corrected chi connectivity index (χ1v) is 14.5. The van der Waals surface area contributed by atoms with E-state index >= 15 is 0 Å². The summed E-state index contributed by atoms with van der Waals surface area (Å²) in [7, 11) is -4.75. The predicted molar refractivity (Wildman–Crippen MR) is 130 cm³/mol. The van der Waals surface area contributed by atoms with Crippen molar-refractivity contribution in [2.24, 2.45) is 0 Å². The van der Waals surface area contributed by atoms with Crippen molar-refractivity contribution in [1.29, 1.82) is 0 Å². The molecule has 1 saturated heterocycles. The molecule has 2 aromatic carbocycles. The van der Waals surface area contributed by atoms with E-state index in [0.717, 1.165) is 12.7 Å². The topological polar surface area (TPSA) is 126 Å². The molecule has 2 heterocycles. The first-order valence-electron chi connectivity index (χ1n) is 10.8. The fourth-order valence-electron chi connectivity index (χ4n) is 3.42. The molecular weight excluding hydrogens is 493 g/mol. The number of hydrogen-bond donors (Lipinski definition) is 1. The van der Waals surface area contributed by atoms with E-state index in [9.17, 15) is 17.8 Å². The average molecular weight is 519 g/mol. The molecule has 3 aromatic rings. The second-order valence-electron chi connectivity index (χ2n) is 8.11. The number of carbonyl (C=O) groups excluding carboxylic acids is 1. The second kappa shape index (κ2) is 10.6. The predicted octanol–water partition coefficient (Wildman–Crippen LogP) is 3.91. The zero-order valence-corrected chi connectivity index (χ0v) is 20.9. The molecule has 1 amide bonds. The van der Waals surface area contributed by atoms with Gasteiger partial charge in [0.2, 0.25) is 6.29 Å². The molecule has 1 aliphatic rings. The van der Waals surface area contributed by atoms with Gasteiger partial charge in [0.05, 0.1) is 18.1 Å². The number of carbonyl (C=O) groups is 1. The minimum absolute atomic E-state index is 0.137. The van der Waals surface area contributed by atoms with Crippen LogP contribution in [0.2, 0.25) is 0 Å². The lowest BCUT2D eigenvalue weighted by Crippen LogP contribution is -2.17. The molecule has 35 heavy (non-hydrogen) atoms. The zero-order valence-electron chi connectivity index (χ0n) is 19.2. The number of nitrogens with one attached hydrogen (secondary N) is 1. The standard InChI is InChI=1S/C23H24N3O7PS/c1-34(28)15-26-9-7-22(25-26)24-23(27)16-11-19(13-20(12-16)33-18-8-10-31-14-18)32-17-3-5-21(6-4-17)35(2,29)30/h3-7,9,11-13,18H,8,10,14-15H2,1-2H3/p+1. The van der Waals surface area contributed by atoms with Crippen molar-refractivity contribution < 1.29 is 32.0 Å². The molecule has 0 radical (unpaired) electrons. The van der Waals surface area contributed by atoms with Gasteiger partial charge in [0.15, 0.2) is 15.7 Å². The molecule has 0 saturated carbocycles. The number of rotatable bonds is 9. The summed E-state index contributed by atoms with van der Waals surface area (Å²) in [4.78, 5) is 13.2. The number of hydrogen-bond acceptors (Lipinski definition) is 8. The molecule has 1 aliphatic heterocycles. The maximum Gasteiger partial charge on any atom is 0.358 e. The van der Waals surface area contributed by atoms with Crippen molar-refractivity contribution in [3.05, 3.63) is 60.3 Å². The number of anilines is 1. The maximum atomic E-state index is 13.0. The first-order chi connectivity index (χ1) is 16.7. The molecule has 1 N–H and O–H groups in total. The number of amides is 1. The van der Waals surface area contributed by atoms with Gasteiger partial charge in [-0.1, -0.05) is 4.57 Å². The van der Waals surface area contributed by atoms with Crippen LogP contribution < -0.4 is 14.8 Å². The van der Waals surface area contributed by atoms with Crippen LogP contribution >= 0.6 is 7.80 Å². The van der Waals surface area contributed by atoms with Gasteiger partial charge in [-0.3, -0.25) is 4.79 Å². The molecule has 2 unspecified atom stereocenters. The Labute approximate surface area is 203 Å². The van der Waals surface area contributed by atoms with E-state index in [1.165, 1.54) is 16.8 Å². The minimum atomic E-state index is -3.33. The molecule has 2 atom stereocenters. The number of aromatic nitrogens is 2. The molecule has 1 aromatic heterocycles. The fraction of sp³-hybridized carbons (Fsp3) is 0.304. The summed E-state index contributed by atoms with van der Waals surface area (Å²) in [5.74, 6) is 1.07. The Morgan fingerprint density at radius 2 is 1.91 bits per heavy atom. The molecule has 184 valence electrons. The van der Waals surface area contributed by atoms with Gasteiger partial charge in [-0.05, 0) is 36.4 Å². The number of benzene rings is 2. The summed E-state index contributed by atoms with van der Waals surface area (Å²) in [5.41, 5.74) is 0.278. The molecule has 10 nitrogen and oxygen atoms in total. The van der Waals surface area contributed by atoms with Crippen LogP contribution in [0.15, 0.2) is 59.6 Å². The lowest BCUT2D eigenvalue weighted by molar-refractivity contribution is 0.102. The smallest absolute Gasteiger partial charge is 0.358 e. The highest BCUT2D eigenvalue weighted by Crippen LogP contribution is 2.30. The van der Waals surface area contributed by atoms with Crippen molar-refractivity contribution in [3.8, 4) is 17.2 Å².